The summed E-state index contributed by atoms with van der Waals surface area (Å²) < 4.78 is 10.9. The van der Waals surface area contributed by atoms with Crippen molar-refractivity contribution in [3.63, 3.8) is 0 Å². The number of hydrogen-bond donors (Lipinski definition) is 0. The maximum atomic E-state index is 12.5. The summed E-state index contributed by atoms with van der Waals surface area (Å²) in [7, 11) is 1.66. The van der Waals surface area contributed by atoms with Crippen LogP contribution in [0.2, 0.25) is 0 Å². The first-order chi connectivity index (χ1) is 14.0. The molecule has 1 aliphatic rings. The molecular formula is C22H24N2O5. The van der Waals surface area contributed by atoms with E-state index in [0.717, 1.165) is 5.56 Å². The van der Waals surface area contributed by atoms with Crippen LogP contribution in [0.4, 0.5) is 5.69 Å². The van der Waals surface area contributed by atoms with Gasteiger partial charge in [-0.05, 0) is 24.6 Å². The molecule has 3 rings (SSSR count). The Hall–Kier alpha value is -3.35. The Balaban J connectivity index is 1.61. The second-order valence-corrected chi connectivity index (χ2v) is 6.86. The molecule has 0 N–H and O–H groups in total. The van der Waals surface area contributed by atoms with Crippen LogP contribution >= 0.6 is 0 Å². The van der Waals surface area contributed by atoms with Crippen molar-refractivity contribution in [2.24, 2.45) is 0 Å². The van der Waals surface area contributed by atoms with E-state index in [1.54, 1.807) is 31.3 Å². The van der Waals surface area contributed by atoms with Crippen molar-refractivity contribution in [2.45, 2.75) is 26.0 Å². The number of esters is 1. The molecule has 0 fully saturated rings. The number of amides is 2. The zero-order valence-corrected chi connectivity index (χ0v) is 16.5. The molecule has 7 heteroatoms. The normalized spacial score (nSPS) is 14.3. The number of anilines is 1. The molecule has 0 saturated heterocycles. The summed E-state index contributed by atoms with van der Waals surface area (Å²) in [5.41, 5.74) is 1.50. The molecule has 0 saturated carbocycles. The third kappa shape index (κ3) is 5.13. The van der Waals surface area contributed by atoms with E-state index in [4.69, 9.17) is 9.47 Å². The fourth-order valence-electron chi connectivity index (χ4n) is 3.15. The van der Waals surface area contributed by atoms with Gasteiger partial charge in [0.05, 0.1) is 18.7 Å². The SMILES string of the molecule is C[C@H](OC(=O)CN1C(=O)CCOc2ccccc21)C(=O)N(C)Cc1ccccc1. The molecule has 1 aliphatic heterocycles. The lowest BCUT2D eigenvalue weighted by Gasteiger charge is -2.24. The first kappa shape index (κ1) is 20.4. The van der Waals surface area contributed by atoms with Crippen LogP contribution in [0.15, 0.2) is 54.6 Å². The molecule has 0 radical (unpaired) electrons. The van der Waals surface area contributed by atoms with Crippen molar-refractivity contribution in [1.82, 2.24) is 4.90 Å². The van der Waals surface area contributed by atoms with Crippen LogP contribution in [0, 0.1) is 0 Å². The van der Waals surface area contributed by atoms with Crippen LogP contribution < -0.4 is 9.64 Å². The van der Waals surface area contributed by atoms with E-state index in [0.29, 0.717) is 18.0 Å². The largest absolute Gasteiger partial charge is 0.491 e. The third-order valence-corrected chi connectivity index (χ3v) is 4.61. The highest BCUT2D eigenvalue weighted by Gasteiger charge is 2.28. The van der Waals surface area contributed by atoms with Gasteiger partial charge >= 0.3 is 5.97 Å². The Morgan fingerprint density at radius 1 is 1.14 bits per heavy atom. The third-order valence-electron chi connectivity index (χ3n) is 4.61. The van der Waals surface area contributed by atoms with Crippen LogP contribution in [-0.4, -0.2) is 49.0 Å². The van der Waals surface area contributed by atoms with Crippen molar-refractivity contribution in [2.75, 3.05) is 25.1 Å². The zero-order valence-electron chi connectivity index (χ0n) is 16.5. The number of nitrogens with zero attached hydrogens (tertiary/aromatic N) is 2. The Bertz CT molecular complexity index is 884. The van der Waals surface area contributed by atoms with Crippen LogP contribution in [0.25, 0.3) is 0 Å². The highest BCUT2D eigenvalue weighted by Crippen LogP contribution is 2.30. The number of rotatable bonds is 6. The molecule has 152 valence electrons. The summed E-state index contributed by atoms with van der Waals surface area (Å²) in [5.74, 6) is -0.651. The van der Waals surface area contributed by atoms with Gasteiger partial charge in [-0.3, -0.25) is 19.3 Å². The average Bonchev–Trinajstić information content (AvgIpc) is 2.87. The maximum Gasteiger partial charge on any atom is 0.326 e. The zero-order chi connectivity index (χ0) is 20.8. The highest BCUT2D eigenvalue weighted by atomic mass is 16.5. The molecule has 0 aromatic heterocycles. The quantitative estimate of drug-likeness (QED) is 0.701. The summed E-state index contributed by atoms with van der Waals surface area (Å²) >= 11 is 0. The molecular weight excluding hydrogens is 372 g/mol. The molecule has 0 aliphatic carbocycles. The van der Waals surface area contributed by atoms with Gasteiger partial charge < -0.3 is 14.4 Å². The molecule has 0 spiro atoms. The van der Waals surface area contributed by atoms with Crippen molar-refractivity contribution >= 4 is 23.5 Å². The van der Waals surface area contributed by atoms with E-state index in [-0.39, 0.29) is 31.4 Å². The van der Waals surface area contributed by atoms with E-state index in [2.05, 4.69) is 0 Å². The minimum Gasteiger partial charge on any atom is -0.491 e. The van der Waals surface area contributed by atoms with Gasteiger partial charge in [-0.2, -0.15) is 0 Å². The van der Waals surface area contributed by atoms with Crippen LogP contribution in [0.5, 0.6) is 5.75 Å². The standard InChI is InChI=1S/C22H24N2O5/c1-16(22(27)23(2)14-17-8-4-3-5-9-17)29-21(26)15-24-18-10-6-7-11-19(18)28-13-12-20(24)25/h3-11,16H,12-15H2,1-2H3/t16-/m0/s1. The van der Waals surface area contributed by atoms with Gasteiger partial charge in [-0.1, -0.05) is 42.5 Å². The highest BCUT2D eigenvalue weighted by molar-refractivity contribution is 5.99. The molecule has 2 aromatic carbocycles. The number of para-hydroxylation sites is 2. The first-order valence-electron chi connectivity index (χ1n) is 9.46. The van der Waals surface area contributed by atoms with Gasteiger partial charge in [0, 0.05) is 13.6 Å². The van der Waals surface area contributed by atoms with Gasteiger partial charge in [0.2, 0.25) is 5.91 Å². The second kappa shape index (κ2) is 9.23. The van der Waals surface area contributed by atoms with Gasteiger partial charge in [-0.15, -0.1) is 0 Å². The van der Waals surface area contributed by atoms with E-state index in [9.17, 15) is 14.4 Å². The Kier molecular flexibility index (Phi) is 6.49. The molecule has 2 aromatic rings. The van der Waals surface area contributed by atoms with E-state index in [1.165, 1.54) is 16.7 Å². The molecule has 1 heterocycles. The minimum atomic E-state index is -0.954. The predicted octanol–water partition coefficient (Wildman–Crippen LogP) is 2.39. The summed E-state index contributed by atoms with van der Waals surface area (Å²) in [4.78, 5) is 40.2. The van der Waals surface area contributed by atoms with Gasteiger partial charge in [-0.25, -0.2) is 0 Å². The lowest BCUT2D eigenvalue weighted by molar-refractivity contribution is -0.157. The van der Waals surface area contributed by atoms with E-state index >= 15 is 0 Å². The lowest BCUT2D eigenvalue weighted by atomic mass is 10.2. The molecule has 7 nitrogen and oxygen atoms in total. The summed E-state index contributed by atoms with van der Waals surface area (Å²) in [6.07, 6.45) is -0.791. The van der Waals surface area contributed by atoms with Crippen molar-refractivity contribution in [1.29, 1.82) is 0 Å². The molecule has 0 bridgehead atoms. The molecule has 1 atom stereocenters. The van der Waals surface area contributed by atoms with Crippen LogP contribution in [-0.2, 0) is 25.7 Å². The van der Waals surface area contributed by atoms with E-state index < -0.39 is 12.1 Å². The van der Waals surface area contributed by atoms with Crippen LogP contribution in [0.1, 0.15) is 18.9 Å². The number of ether oxygens (including phenoxy) is 2. The number of carbonyl (C=O) groups is 3. The fraction of sp³-hybridized carbons (Fsp3) is 0.318. The second-order valence-electron chi connectivity index (χ2n) is 6.86. The predicted molar refractivity (Wildman–Crippen MR) is 107 cm³/mol. The van der Waals surface area contributed by atoms with E-state index in [1.807, 2.05) is 30.3 Å². The summed E-state index contributed by atoms with van der Waals surface area (Å²) in [6.45, 7) is 1.92. The van der Waals surface area contributed by atoms with Gasteiger partial charge in [0.25, 0.3) is 5.91 Å². The van der Waals surface area contributed by atoms with Crippen molar-refractivity contribution < 1.29 is 23.9 Å². The monoisotopic (exact) mass is 396 g/mol. The van der Waals surface area contributed by atoms with Gasteiger partial charge in [0.1, 0.15) is 12.3 Å². The molecule has 2 amide bonds. The summed E-state index contributed by atoms with van der Waals surface area (Å²) in [5, 5.41) is 0. The minimum absolute atomic E-state index is 0.163. The van der Waals surface area contributed by atoms with Crippen molar-refractivity contribution in [3.8, 4) is 5.75 Å². The molecule has 0 unspecified atom stereocenters. The fourth-order valence-corrected chi connectivity index (χ4v) is 3.15. The number of hydrogen-bond acceptors (Lipinski definition) is 5. The average molecular weight is 396 g/mol. The Morgan fingerprint density at radius 2 is 1.83 bits per heavy atom. The maximum absolute atomic E-state index is 12.5. The summed E-state index contributed by atoms with van der Waals surface area (Å²) in [6, 6.07) is 16.6. The number of benzene rings is 2. The Morgan fingerprint density at radius 3 is 2.59 bits per heavy atom. The lowest BCUT2D eigenvalue weighted by Crippen LogP contribution is -2.41. The first-order valence-corrected chi connectivity index (χ1v) is 9.46. The van der Waals surface area contributed by atoms with Gasteiger partial charge in [0.15, 0.2) is 6.10 Å². The smallest absolute Gasteiger partial charge is 0.326 e. The topological polar surface area (TPSA) is 76.1 Å². The molecule has 29 heavy (non-hydrogen) atoms. The van der Waals surface area contributed by atoms with Crippen LogP contribution in [0.3, 0.4) is 0 Å². The Labute approximate surface area is 169 Å². The number of carbonyl (C=O) groups excluding carboxylic acids is 3. The number of fused-ring (bicyclic) bond motifs is 1. The number of likely N-dealkylation sites (N-methyl/N-ethyl adjacent to an activating group) is 1. The van der Waals surface area contributed by atoms with Crippen molar-refractivity contribution in [3.05, 3.63) is 60.2 Å².